The maximum Gasteiger partial charge on any atom is 0.325 e. The van der Waals surface area contributed by atoms with Gasteiger partial charge in [-0.1, -0.05) is 35.9 Å². The largest absolute Gasteiger partial charge is 0.496 e. The van der Waals surface area contributed by atoms with Crippen LogP contribution in [0.15, 0.2) is 48.5 Å². The fourth-order valence-electron chi connectivity index (χ4n) is 2.39. The number of benzene rings is 2. The van der Waals surface area contributed by atoms with Gasteiger partial charge in [-0.3, -0.25) is 14.4 Å². The Labute approximate surface area is 168 Å². The van der Waals surface area contributed by atoms with Crippen molar-refractivity contribution in [3.8, 4) is 5.75 Å². The van der Waals surface area contributed by atoms with Crippen LogP contribution in [0.25, 0.3) is 0 Å². The van der Waals surface area contributed by atoms with Crippen LogP contribution in [0.2, 0.25) is 5.02 Å². The van der Waals surface area contributed by atoms with Crippen molar-refractivity contribution < 1.29 is 23.9 Å². The van der Waals surface area contributed by atoms with Crippen LogP contribution in [-0.4, -0.2) is 38.0 Å². The van der Waals surface area contributed by atoms with Gasteiger partial charge in [0.2, 0.25) is 0 Å². The second-order valence-electron chi connectivity index (χ2n) is 5.88. The molecule has 0 saturated heterocycles. The molecule has 7 nitrogen and oxygen atoms in total. The van der Waals surface area contributed by atoms with Gasteiger partial charge in [-0.2, -0.15) is 0 Å². The molecule has 0 aliphatic heterocycles. The van der Waals surface area contributed by atoms with Gasteiger partial charge in [0.25, 0.3) is 11.8 Å². The number of hydrogen-bond donors (Lipinski definition) is 2. The maximum atomic E-state index is 12.1. The highest BCUT2D eigenvalue weighted by Crippen LogP contribution is 2.17. The third kappa shape index (κ3) is 6.28. The molecular formula is C20H21ClN2O5. The highest BCUT2D eigenvalue weighted by atomic mass is 35.5. The predicted octanol–water partition coefficient (Wildman–Crippen LogP) is 2.50. The lowest BCUT2D eigenvalue weighted by molar-refractivity contribution is -0.147. The first-order chi connectivity index (χ1) is 13.4. The second-order valence-corrected chi connectivity index (χ2v) is 6.32. The van der Waals surface area contributed by atoms with Gasteiger partial charge >= 0.3 is 5.97 Å². The predicted molar refractivity (Wildman–Crippen MR) is 104 cm³/mol. The van der Waals surface area contributed by atoms with E-state index < -0.39 is 24.4 Å². The third-order valence-electron chi connectivity index (χ3n) is 3.86. The Morgan fingerprint density at radius 1 is 1.07 bits per heavy atom. The summed E-state index contributed by atoms with van der Waals surface area (Å²) in [7, 11) is 1.45. The molecule has 0 saturated carbocycles. The van der Waals surface area contributed by atoms with Crippen LogP contribution in [0.1, 0.15) is 28.9 Å². The van der Waals surface area contributed by atoms with E-state index in [0.29, 0.717) is 16.3 Å². The van der Waals surface area contributed by atoms with Crippen LogP contribution >= 0.6 is 11.6 Å². The van der Waals surface area contributed by atoms with Crippen LogP contribution in [0.5, 0.6) is 5.75 Å². The number of carbonyl (C=O) groups excluding carboxylic acids is 3. The summed E-state index contributed by atoms with van der Waals surface area (Å²) in [6.07, 6.45) is 0. The van der Waals surface area contributed by atoms with E-state index in [1.807, 2.05) is 0 Å². The van der Waals surface area contributed by atoms with Gasteiger partial charge in [-0.05, 0) is 36.8 Å². The molecule has 2 rings (SSSR count). The molecule has 1 atom stereocenters. The Morgan fingerprint density at radius 2 is 1.75 bits per heavy atom. The van der Waals surface area contributed by atoms with Crippen LogP contribution < -0.4 is 15.4 Å². The zero-order valence-corrected chi connectivity index (χ0v) is 16.3. The fourth-order valence-corrected chi connectivity index (χ4v) is 2.52. The highest BCUT2D eigenvalue weighted by Gasteiger charge is 2.15. The standard InChI is InChI=1S/C20H21ClN2O5/c1-13(14-7-9-15(21)10-8-14)23-18(24)12-28-19(25)11-22-20(26)16-5-3-4-6-17(16)27-2/h3-10,13H,11-12H2,1-2H3,(H,22,26)(H,23,24)/t13-/m1/s1. The zero-order chi connectivity index (χ0) is 20.5. The van der Waals surface area contributed by atoms with Gasteiger partial charge in [0.15, 0.2) is 6.61 Å². The van der Waals surface area contributed by atoms with E-state index in [1.54, 1.807) is 55.5 Å². The third-order valence-corrected chi connectivity index (χ3v) is 4.11. The number of amides is 2. The average Bonchev–Trinajstić information content (AvgIpc) is 2.70. The number of carbonyl (C=O) groups is 3. The Hall–Kier alpha value is -3.06. The number of esters is 1. The Morgan fingerprint density at radius 3 is 2.43 bits per heavy atom. The summed E-state index contributed by atoms with van der Waals surface area (Å²) < 4.78 is 9.98. The van der Waals surface area contributed by atoms with Gasteiger partial charge < -0.3 is 20.1 Å². The van der Waals surface area contributed by atoms with E-state index in [1.165, 1.54) is 7.11 Å². The van der Waals surface area contributed by atoms with Gasteiger partial charge in [-0.15, -0.1) is 0 Å². The van der Waals surface area contributed by atoms with Crippen molar-refractivity contribution in [2.75, 3.05) is 20.3 Å². The minimum absolute atomic E-state index is 0.270. The molecular weight excluding hydrogens is 384 g/mol. The molecule has 28 heavy (non-hydrogen) atoms. The van der Waals surface area contributed by atoms with Gasteiger partial charge in [-0.25, -0.2) is 0 Å². The first kappa shape index (κ1) is 21.2. The molecule has 8 heteroatoms. The molecule has 2 N–H and O–H groups in total. The molecule has 0 spiro atoms. The number of rotatable bonds is 8. The summed E-state index contributed by atoms with van der Waals surface area (Å²) in [5.74, 6) is -1.26. The molecule has 0 heterocycles. The summed E-state index contributed by atoms with van der Waals surface area (Å²) in [5, 5.41) is 5.75. The van der Waals surface area contributed by atoms with E-state index in [9.17, 15) is 14.4 Å². The quantitative estimate of drug-likeness (QED) is 0.659. The number of halogens is 1. The van der Waals surface area contributed by atoms with E-state index >= 15 is 0 Å². The Bertz CT molecular complexity index is 839. The van der Waals surface area contributed by atoms with E-state index in [4.69, 9.17) is 21.1 Å². The molecule has 0 unspecified atom stereocenters. The molecule has 0 bridgehead atoms. The summed E-state index contributed by atoms with van der Waals surface area (Å²) in [6, 6.07) is 13.4. The smallest absolute Gasteiger partial charge is 0.325 e. The van der Waals surface area contributed by atoms with Crippen LogP contribution in [0, 0.1) is 0 Å². The number of ether oxygens (including phenoxy) is 2. The second kappa shape index (κ2) is 10.3. The summed E-state index contributed by atoms with van der Waals surface area (Å²) in [5.41, 5.74) is 1.17. The molecule has 0 aliphatic carbocycles. The van der Waals surface area contributed by atoms with E-state index in [0.717, 1.165) is 5.56 Å². The molecule has 0 radical (unpaired) electrons. The van der Waals surface area contributed by atoms with Crippen molar-refractivity contribution >= 4 is 29.4 Å². The monoisotopic (exact) mass is 404 g/mol. The van der Waals surface area contributed by atoms with Crippen LogP contribution in [0.3, 0.4) is 0 Å². The van der Waals surface area contributed by atoms with E-state index in [-0.39, 0.29) is 12.6 Å². The highest BCUT2D eigenvalue weighted by molar-refractivity contribution is 6.30. The number of methoxy groups -OCH3 is 1. The Balaban J connectivity index is 1.75. The minimum Gasteiger partial charge on any atom is -0.496 e. The lowest BCUT2D eigenvalue weighted by Crippen LogP contribution is -2.34. The molecule has 0 aromatic heterocycles. The molecule has 0 aliphatic rings. The molecule has 2 aromatic carbocycles. The normalized spacial score (nSPS) is 11.2. The average molecular weight is 405 g/mol. The maximum absolute atomic E-state index is 12.1. The van der Waals surface area contributed by atoms with Crippen molar-refractivity contribution in [3.05, 3.63) is 64.7 Å². The molecule has 148 valence electrons. The molecule has 2 aromatic rings. The number of hydrogen-bond acceptors (Lipinski definition) is 5. The SMILES string of the molecule is COc1ccccc1C(=O)NCC(=O)OCC(=O)N[C@H](C)c1ccc(Cl)cc1. The first-order valence-electron chi connectivity index (χ1n) is 8.52. The zero-order valence-electron chi connectivity index (χ0n) is 15.5. The lowest BCUT2D eigenvalue weighted by atomic mass is 10.1. The lowest BCUT2D eigenvalue weighted by Gasteiger charge is -2.14. The van der Waals surface area contributed by atoms with Crippen LogP contribution in [-0.2, 0) is 14.3 Å². The minimum atomic E-state index is -0.724. The summed E-state index contributed by atoms with van der Waals surface area (Å²) in [6.45, 7) is 0.995. The molecule has 2 amide bonds. The number of nitrogens with one attached hydrogen (secondary N) is 2. The molecule has 0 fully saturated rings. The topological polar surface area (TPSA) is 93.7 Å². The van der Waals surface area contributed by atoms with Crippen molar-refractivity contribution in [1.29, 1.82) is 0 Å². The van der Waals surface area contributed by atoms with Gasteiger partial charge in [0.05, 0.1) is 18.7 Å². The Kier molecular flexibility index (Phi) is 7.83. The summed E-state index contributed by atoms with van der Waals surface area (Å²) in [4.78, 5) is 35.8. The van der Waals surface area contributed by atoms with Gasteiger partial charge in [0, 0.05) is 5.02 Å². The van der Waals surface area contributed by atoms with Crippen LogP contribution in [0.4, 0.5) is 0 Å². The first-order valence-corrected chi connectivity index (χ1v) is 8.90. The van der Waals surface area contributed by atoms with Crippen molar-refractivity contribution in [2.45, 2.75) is 13.0 Å². The van der Waals surface area contributed by atoms with Crippen molar-refractivity contribution in [1.82, 2.24) is 10.6 Å². The van der Waals surface area contributed by atoms with E-state index in [2.05, 4.69) is 10.6 Å². The number of para-hydroxylation sites is 1. The summed E-state index contributed by atoms with van der Waals surface area (Å²) >= 11 is 5.83. The van der Waals surface area contributed by atoms with Gasteiger partial charge in [0.1, 0.15) is 12.3 Å². The van der Waals surface area contributed by atoms with Crippen molar-refractivity contribution in [3.63, 3.8) is 0 Å². The van der Waals surface area contributed by atoms with Crippen molar-refractivity contribution in [2.24, 2.45) is 0 Å². The fraction of sp³-hybridized carbons (Fsp3) is 0.250.